The van der Waals surface area contributed by atoms with E-state index >= 15 is 0 Å². The molecule has 1 fully saturated rings. The fourth-order valence-electron chi connectivity index (χ4n) is 2.85. The van der Waals surface area contributed by atoms with Gasteiger partial charge >= 0.3 is 0 Å². The van der Waals surface area contributed by atoms with Crippen LogP contribution in [-0.4, -0.2) is 11.7 Å². The summed E-state index contributed by atoms with van der Waals surface area (Å²) in [4.78, 5) is 0. The molecular formula is C14H19NO. The molecule has 0 amide bonds. The maximum absolute atomic E-state index is 9.76. The van der Waals surface area contributed by atoms with Crippen molar-refractivity contribution < 1.29 is 5.11 Å². The van der Waals surface area contributed by atoms with Gasteiger partial charge in [-0.05, 0) is 55.3 Å². The number of benzene rings is 1. The number of phenolic OH excluding ortho intramolecular Hbond substituents is 1. The molecule has 1 unspecified atom stereocenters. The van der Waals surface area contributed by atoms with E-state index < -0.39 is 0 Å². The van der Waals surface area contributed by atoms with Crippen molar-refractivity contribution in [2.75, 3.05) is 6.54 Å². The smallest absolute Gasteiger partial charge is 0.119 e. The molecule has 0 aliphatic heterocycles. The van der Waals surface area contributed by atoms with E-state index in [0.29, 0.717) is 11.8 Å². The lowest BCUT2D eigenvalue weighted by Crippen LogP contribution is -2.29. The molecule has 2 aliphatic rings. The van der Waals surface area contributed by atoms with Gasteiger partial charge in [0.05, 0.1) is 0 Å². The summed E-state index contributed by atoms with van der Waals surface area (Å²) in [6, 6.07) is 6.38. The van der Waals surface area contributed by atoms with Gasteiger partial charge in [0.1, 0.15) is 5.75 Å². The average Bonchev–Trinajstić information content (AvgIpc) is 2.61. The van der Waals surface area contributed by atoms with Crippen LogP contribution in [0, 0.1) is 5.92 Å². The van der Waals surface area contributed by atoms with Crippen molar-refractivity contribution in [1.29, 1.82) is 0 Å². The molecule has 1 aromatic carbocycles. The summed E-state index contributed by atoms with van der Waals surface area (Å²) < 4.78 is 0. The Morgan fingerprint density at radius 2 is 2.12 bits per heavy atom. The molecule has 0 spiro atoms. The Balaban J connectivity index is 1.68. The third-order valence-corrected chi connectivity index (χ3v) is 4.12. The van der Waals surface area contributed by atoms with E-state index in [0.717, 1.165) is 30.9 Å². The number of rotatable bonds is 3. The lowest BCUT2D eigenvalue weighted by molar-refractivity contribution is 0.289. The lowest BCUT2D eigenvalue weighted by Gasteiger charge is -2.27. The number of fused-ring (bicyclic) bond motifs is 1. The largest absolute Gasteiger partial charge is 0.508 e. The quantitative estimate of drug-likeness (QED) is 0.816. The maximum Gasteiger partial charge on any atom is 0.119 e. The predicted octanol–water partition coefficient (Wildman–Crippen LogP) is 2.77. The van der Waals surface area contributed by atoms with Gasteiger partial charge in [-0.2, -0.15) is 0 Å². The number of aromatic hydroxyl groups is 1. The first-order chi connectivity index (χ1) is 7.84. The lowest BCUT2D eigenvalue weighted by atomic mass is 9.85. The SMILES string of the molecule is Oc1cccc2c1CCC2NCC1CCC1. The zero-order chi connectivity index (χ0) is 11.0. The van der Waals surface area contributed by atoms with E-state index in [-0.39, 0.29) is 0 Å². The summed E-state index contributed by atoms with van der Waals surface area (Å²) in [6.07, 6.45) is 6.36. The standard InChI is InChI=1S/C14H19NO/c16-14-6-2-5-11-12(14)7-8-13(11)15-9-10-3-1-4-10/h2,5-6,10,13,15-16H,1,3-4,7-9H2. The van der Waals surface area contributed by atoms with Crippen LogP contribution in [0.5, 0.6) is 5.75 Å². The number of hydrogen-bond donors (Lipinski definition) is 2. The molecule has 2 N–H and O–H groups in total. The van der Waals surface area contributed by atoms with Crippen molar-refractivity contribution in [1.82, 2.24) is 5.32 Å². The van der Waals surface area contributed by atoms with Crippen molar-refractivity contribution >= 4 is 0 Å². The summed E-state index contributed by atoms with van der Waals surface area (Å²) in [6.45, 7) is 1.15. The number of hydrogen-bond acceptors (Lipinski definition) is 2. The minimum atomic E-state index is 0.475. The number of phenols is 1. The number of nitrogens with one attached hydrogen (secondary N) is 1. The van der Waals surface area contributed by atoms with Gasteiger partial charge in [0.15, 0.2) is 0 Å². The minimum absolute atomic E-state index is 0.475. The molecule has 0 radical (unpaired) electrons. The molecule has 86 valence electrons. The van der Waals surface area contributed by atoms with Crippen LogP contribution in [-0.2, 0) is 6.42 Å². The van der Waals surface area contributed by atoms with Crippen LogP contribution >= 0.6 is 0 Å². The first-order valence-corrected chi connectivity index (χ1v) is 6.39. The van der Waals surface area contributed by atoms with Gasteiger partial charge in [-0.3, -0.25) is 0 Å². The zero-order valence-electron chi connectivity index (χ0n) is 9.58. The van der Waals surface area contributed by atoms with Gasteiger partial charge < -0.3 is 10.4 Å². The van der Waals surface area contributed by atoms with Crippen molar-refractivity contribution in [3.05, 3.63) is 29.3 Å². The minimum Gasteiger partial charge on any atom is -0.508 e. The van der Waals surface area contributed by atoms with E-state index in [4.69, 9.17) is 0 Å². The Morgan fingerprint density at radius 1 is 1.25 bits per heavy atom. The second-order valence-corrected chi connectivity index (χ2v) is 5.14. The Labute approximate surface area is 96.7 Å². The highest BCUT2D eigenvalue weighted by Gasteiger charge is 2.25. The Kier molecular flexibility index (Phi) is 2.60. The molecule has 2 nitrogen and oxygen atoms in total. The third kappa shape index (κ3) is 1.71. The van der Waals surface area contributed by atoms with Crippen molar-refractivity contribution in [3.8, 4) is 5.75 Å². The van der Waals surface area contributed by atoms with Gasteiger partial charge in [0.2, 0.25) is 0 Å². The van der Waals surface area contributed by atoms with Crippen LogP contribution in [0.15, 0.2) is 18.2 Å². The molecular weight excluding hydrogens is 198 g/mol. The Morgan fingerprint density at radius 3 is 2.88 bits per heavy atom. The summed E-state index contributed by atoms with van der Waals surface area (Å²) >= 11 is 0. The fraction of sp³-hybridized carbons (Fsp3) is 0.571. The highest BCUT2D eigenvalue weighted by atomic mass is 16.3. The topological polar surface area (TPSA) is 32.3 Å². The highest BCUT2D eigenvalue weighted by molar-refractivity contribution is 5.44. The Hall–Kier alpha value is -1.02. The van der Waals surface area contributed by atoms with Crippen molar-refractivity contribution in [3.63, 3.8) is 0 Å². The second-order valence-electron chi connectivity index (χ2n) is 5.14. The molecule has 0 bridgehead atoms. The summed E-state index contributed by atoms with van der Waals surface area (Å²) in [5.74, 6) is 1.38. The van der Waals surface area contributed by atoms with E-state index in [1.165, 1.54) is 24.8 Å². The summed E-state index contributed by atoms with van der Waals surface area (Å²) in [5, 5.41) is 13.4. The third-order valence-electron chi connectivity index (χ3n) is 4.12. The second kappa shape index (κ2) is 4.10. The molecule has 0 aromatic heterocycles. The molecule has 1 saturated carbocycles. The molecule has 16 heavy (non-hydrogen) atoms. The monoisotopic (exact) mass is 217 g/mol. The zero-order valence-corrected chi connectivity index (χ0v) is 9.58. The van der Waals surface area contributed by atoms with E-state index in [9.17, 15) is 5.11 Å². The molecule has 0 heterocycles. The summed E-state index contributed by atoms with van der Waals surface area (Å²) in [5.41, 5.74) is 2.48. The first-order valence-electron chi connectivity index (χ1n) is 6.39. The highest BCUT2D eigenvalue weighted by Crippen LogP contribution is 2.36. The molecule has 2 aliphatic carbocycles. The molecule has 3 rings (SSSR count). The van der Waals surface area contributed by atoms with Crippen LogP contribution in [0.2, 0.25) is 0 Å². The van der Waals surface area contributed by atoms with Gasteiger partial charge in [-0.15, -0.1) is 0 Å². The van der Waals surface area contributed by atoms with Gasteiger partial charge in [-0.1, -0.05) is 18.6 Å². The van der Waals surface area contributed by atoms with Gasteiger partial charge in [-0.25, -0.2) is 0 Å². The van der Waals surface area contributed by atoms with Gasteiger partial charge in [0, 0.05) is 6.04 Å². The molecule has 1 atom stereocenters. The van der Waals surface area contributed by atoms with Crippen molar-refractivity contribution in [2.24, 2.45) is 5.92 Å². The van der Waals surface area contributed by atoms with E-state index in [1.807, 2.05) is 6.07 Å². The van der Waals surface area contributed by atoms with Gasteiger partial charge in [0.25, 0.3) is 0 Å². The first kappa shape index (κ1) is 10.2. The van der Waals surface area contributed by atoms with Crippen LogP contribution in [0.25, 0.3) is 0 Å². The normalized spacial score (nSPS) is 24.1. The van der Waals surface area contributed by atoms with Crippen molar-refractivity contribution in [2.45, 2.75) is 38.1 Å². The fourth-order valence-corrected chi connectivity index (χ4v) is 2.85. The van der Waals surface area contributed by atoms with Crippen LogP contribution in [0.1, 0.15) is 42.9 Å². The summed E-state index contributed by atoms with van der Waals surface area (Å²) in [7, 11) is 0. The van der Waals surface area contributed by atoms with Crippen LogP contribution in [0.4, 0.5) is 0 Å². The maximum atomic E-state index is 9.76. The van der Waals surface area contributed by atoms with E-state index in [2.05, 4.69) is 11.4 Å². The molecule has 2 heteroatoms. The predicted molar refractivity (Wildman–Crippen MR) is 64.5 cm³/mol. The van der Waals surface area contributed by atoms with Crippen LogP contribution in [0.3, 0.4) is 0 Å². The van der Waals surface area contributed by atoms with E-state index in [1.54, 1.807) is 6.07 Å². The van der Waals surface area contributed by atoms with Crippen LogP contribution < -0.4 is 5.32 Å². The average molecular weight is 217 g/mol. The Bertz CT molecular complexity index is 384. The molecule has 1 aromatic rings. The molecule has 0 saturated heterocycles.